The Balaban J connectivity index is 2.83. The van der Waals surface area contributed by atoms with Gasteiger partial charge in [-0.15, -0.1) is 0 Å². The number of carboxylic acids is 1. The molecule has 0 bridgehead atoms. The highest BCUT2D eigenvalue weighted by molar-refractivity contribution is 5.76. The van der Waals surface area contributed by atoms with E-state index in [4.69, 9.17) is 9.84 Å². The Bertz CT molecular complexity index is 353. The van der Waals surface area contributed by atoms with E-state index in [-0.39, 0.29) is 31.6 Å². The zero-order valence-corrected chi connectivity index (χ0v) is 12.3. The molecule has 0 aromatic rings. The summed E-state index contributed by atoms with van der Waals surface area (Å²) >= 11 is 0. The van der Waals surface area contributed by atoms with Crippen LogP contribution in [0.2, 0.25) is 0 Å². The predicted molar refractivity (Wildman–Crippen MR) is 72.5 cm³/mol. The first kappa shape index (κ1) is 16.7. The molecule has 1 atom stereocenters. The van der Waals surface area contributed by atoms with Crippen LogP contribution in [0.4, 0.5) is 4.79 Å². The minimum absolute atomic E-state index is 0.100. The van der Waals surface area contributed by atoms with Crippen molar-refractivity contribution in [2.75, 3.05) is 32.9 Å². The van der Waals surface area contributed by atoms with E-state index in [2.05, 4.69) is 0 Å². The van der Waals surface area contributed by atoms with Crippen LogP contribution in [0.25, 0.3) is 0 Å². The van der Waals surface area contributed by atoms with E-state index in [0.717, 1.165) is 0 Å². The molecule has 0 spiro atoms. The Hall–Kier alpha value is -1.34. The Morgan fingerprint density at radius 3 is 2.55 bits per heavy atom. The first-order valence-corrected chi connectivity index (χ1v) is 6.76. The Kier molecular flexibility index (Phi) is 5.76. The number of aliphatic hydroxyl groups is 1. The second-order valence-electron chi connectivity index (χ2n) is 5.85. The van der Waals surface area contributed by atoms with Gasteiger partial charge in [0.15, 0.2) is 0 Å². The fraction of sp³-hybridized carbons (Fsp3) is 0.846. The summed E-state index contributed by atoms with van der Waals surface area (Å²) in [6.45, 7) is 6.71. The van der Waals surface area contributed by atoms with Crippen molar-refractivity contribution in [1.82, 2.24) is 9.80 Å². The lowest BCUT2D eigenvalue weighted by molar-refractivity contribution is -0.137. The van der Waals surface area contributed by atoms with Crippen LogP contribution in [0.5, 0.6) is 0 Å². The largest absolute Gasteiger partial charge is 0.481 e. The third-order valence-corrected chi connectivity index (χ3v) is 3.27. The van der Waals surface area contributed by atoms with Gasteiger partial charge in [0.25, 0.3) is 0 Å². The number of ether oxygens (including phenoxy) is 1. The third-order valence-electron chi connectivity index (χ3n) is 3.27. The minimum Gasteiger partial charge on any atom is -0.481 e. The van der Waals surface area contributed by atoms with Crippen LogP contribution < -0.4 is 0 Å². The molecule has 1 saturated heterocycles. The number of amides is 2. The fourth-order valence-electron chi connectivity index (χ4n) is 2.14. The number of carboxylic acid groups (broad SMARTS) is 1. The molecular formula is C13H24N2O5. The molecule has 116 valence electrons. The van der Waals surface area contributed by atoms with Gasteiger partial charge in [0, 0.05) is 18.6 Å². The molecular weight excluding hydrogens is 264 g/mol. The number of hydrogen-bond donors (Lipinski definition) is 2. The number of aliphatic hydroxyl groups excluding tert-OH is 1. The number of urea groups is 1. The smallest absolute Gasteiger partial charge is 0.320 e. The fourth-order valence-corrected chi connectivity index (χ4v) is 2.14. The summed E-state index contributed by atoms with van der Waals surface area (Å²) in [6.07, 6.45) is -0.100. The van der Waals surface area contributed by atoms with Gasteiger partial charge in [0.1, 0.15) is 0 Å². The molecule has 0 aromatic heterocycles. The van der Waals surface area contributed by atoms with E-state index >= 15 is 0 Å². The van der Waals surface area contributed by atoms with Gasteiger partial charge in [-0.05, 0) is 20.8 Å². The maximum absolute atomic E-state index is 12.6. The Morgan fingerprint density at radius 1 is 1.40 bits per heavy atom. The molecule has 0 aromatic carbocycles. The van der Waals surface area contributed by atoms with Gasteiger partial charge in [0.2, 0.25) is 0 Å². The van der Waals surface area contributed by atoms with Gasteiger partial charge >= 0.3 is 12.0 Å². The van der Waals surface area contributed by atoms with Crippen LogP contribution in [0, 0.1) is 0 Å². The third kappa shape index (κ3) is 4.35. The van der Waals surface area contributed by atoms with Crippen LogP contribution in [0.15, 0.2) is 0 Å². The van der Waals surface area contributed by atoms with Crippen molar-refractivity contribution < 1.29 is 24.5 Å². The second kappa shape index (κ2) is 6.90. The van der Waals surface area contributed by atoms with Crippen molar-refractivity contribution in [1.29, 1.82) is 0 Å². The molecule has 2 amide bonds. The zero-order chi connectivity index (χ0) is 15.3. The van der Waals surface area contributed by atoms with Crippen LogP contribution >= 0.6 is 0 Å². The van der Waals surface area contributed by atoms with E-state index in [1.54, 1.807) is 4.90 Å². The average molecular weight is 288 g/mol. The molecule has 0 radical (unpaired) electrons. The van der Waals surface area contributed by atoms with E-state index in [1.165, 1.54) is 4.90 Å². The maximum Gasteiger partial charge on any atom is 0.320 e. The van der Waals surface area contributed by atoms with E-state index in [0.29, 0.717) is 19.8 Å². The lowest BCUT2D eigenvalue weighted by atomic mass is 10.1. The molecule has 0 saturated carbocycles. The normalized spacial score (nSPS) is 19.8. The van der Waals surface area contributed by atoms with Crippen molar-refractivity contribution in [3.8, 4) is 0 Å². The first-order chi connectivity index (χ1) is 9.27. The van der Waals surface area contributed by atoms with Gasteiger partial charge in [-0.25, -0.2) is 4.79 Å². The van der Waals surface area contributed by atoms with E-state index in [1.807, 2.05) is 20.8 Å². The quantitative estimate of drug-likeness (QED) is 0.780. The van der Waals surface area contributed by atoms with Gasteiger partial charge in [-0.2, -0.15) is 0 Å². The summed E-state index contributed by atoms with van der Waals surface area (Å²) in [5.74, 6) is -0.937. The lowest BCUT2D eigenvalue weighted by Crippen LogP contribution is -2.59. The molecule has 20 heavy (non-hydrogen) atoms. The number of aliphatic carboxylic acids is 1. The van der Waals surface area contributed by atoms with Crippen LogP contribution in [-0.2, 0) is 9.53 Å². The molecule has 1 aliphatic heterocycles. The zero-order valence-electron chi connectivity index (χ0n) is 12.3. The highest BCUT2D eigenvalue weighted by atomic mass is 16.5. The van der Waals surface area contributed by atoms with Crippen molar-refractivity contribution in [3.05, 3.63) is 0 Å². The Labute approximate surface area is 119 Å². The van der Waals surface area contributed by atoms with Crippen molar-refractivity contribution in [3.63, 3.8) is 0 Å². The summed E-state index contributed by atoms with van der Waals surface area (Å²) in [6, 6.07) is -0.618. The number of carbonyl (C=O) groups excluding carboxylic acids is 1. The van der Waals surface area contributed by atoms with Crippen LogP contribution in [0.3, 0.4) is 0 Å². The molecule has 1 fully saturated rings. The number of rotatable bonds is 4. The average Bonchev–Trinajstić information content (AvgIpc) is 2.36. The summed E-state index contributed by atoms with van der Waals surface area (Å²) in [7, 11) is 0. The monoisotopic (exact) mass is 288 g/mol. The molecule has 1 unspecified atom stereocenters. The number of hydrogen-bond acceptors (Lipinski definition) is 4. The first-order valence-electron chi connectivity index (χ1n) is 6.76. The van der Waals surface area contributed by atoms with Crippen LogP contribution in [0.1, 0.15) is 27.2 Å². The highest BCUT2D eigenvalue weighted by Gasteiger charge is 2.34. The summed E-state index contributed by atoms with van der Waals surface area (Å²) < 4.78 is 5.25. The topological polar surface area (TPSA) is 90.3 Å². The molecule has 7 heteroatoms. The number of carbonyl (C=O) groups is 2. The summed E-state index contributed by atoms with van der Waals surface area (Å²) in [4.78, 5) is 26.5. The summed E-state index contributed by atoms with van der Waals surface area (Å²) in [5.41, 5.74) is -0.481. The SMILES string of the molecule is CC(C)(C)N(CCC(=O)O)C(=O)N1CCOCC1CO. The van der Waals surface area contributed by atoms with Crippen molar-refractivity contribution >= 4 is 12.0 Å². The predicted octanol–water partition coefficient (Wildman–Crippen LogP) is 0.375. The Morgan fingerprint density at radius 2 is 2.05 bits per heavy atom. The molecule has 1 heterocycles. The van der Waals surface area contributed by atoms with Gasteiger partial charge in [0.05, 0.1) is 32.3 Å². The number of morpholine rings is 1. The van der Waals surface area contributed by atoms with Gasteiger partial charge in [-0.1, -0.05) is 0 Å². The highest BCUT2D eigenvalue weighted by Crippen LogP contribution is 2.19. The minimum atomic E-state index is -0.937. The lowest BCUT2D eigenvalue weighted by Gasteiger charge is -2.43. The molecule has 0 aliphatic carbocycles. The molecule has 1 rings (SSSR count). The standard InChI is InChI=1S/C13H24N2O5/c1-13(2,3)15(5-4-11(17)18)12(19)14-6-7-20-9-10(14)8-16/h10,16H,4-9H2,1-3H3,(H,17,18). The number of nitrogens with zero attached hydrogens (tertiary/aromatic N) is 2. The molecule has 1 aliphatic rings. The van der Waals surface area contributed by atoms with Gasteiger partial charge in [-0.3, -0.25) is 4.79 Å². The maximum atomic E-state index is 12.6. The van der Waals surface area contributed by atoms with Crippen LogP contribution in [-0.4, -0.2) is 76.5 Å². The summed E-state index contributed by atoms with van der Waals surface area (Å²) in [5, 5.41) is 18.1. The molecule has 7 nitrogen and oxygen atoms in total. The molecule has 2 N–H and O–H groups in total. The van der Waals surface area contributed by atoms with Crippen molar-refractivity contribution in [2.45, 2.75) is 38.8 Å². The second-order valence-corrected chi connectivity index (χ2v) is 5.85. The van der Waals surface area contributed by atoms with Crippen molar-refractivity contribution in [2.24, 2.45) is 0 Å². The van der Waals surface area contributed by atoms with E-state index in [9.17, 15) is 14.7 Å². The van der Waals surface area contributed by atoms with Gasteiger partial charge < -0.3 is 24.7 Å². The van der Waals surface area contributed by atoms with E-state index < -0.39 is 11.5 Å².